The zero-order valence-corrected chi connectivity index (χ0v) is 15.8. The van der Waals surface area contributed by atoms with Crippen LogP contribution in [0, 0.1) is 0 Å². The van der Waals surface area contributed by atoms with Gasteiger partial charge in [-0.25, -0.2) is 4.79 Å². The van der Waals surface area contributed by atoms with Crippen molar-refractivity contribution >= 4 is 28.3 Å². The second kappa shape index (κ2) is 8.10. The van der Waals surface area contributed by atoms with Crippen LogP contribution in [0.5, 0.6) is 0 Å². The van der Waals surface area contributed by atoms with Gasteiger partial charge in [-0.1, -0.05) is 18.2 Å². The number of aryl methyl sites for hydroxylation is 1. The Labute approximate surface area is 161 Å². The number of nitrogens with zero attached hydrogens (tertiary/aromatic N) is 2. The first-order valence-electron chi connectivity index (χ1n) is 9.21. The molecule has 0 aliphatic carbocycles. The fraction of sp³-hybridized carbons (Fsp3) is 0.400. The Morgan fingerprint density at radius 2 is 2.15 bits per heavy atom. The van der Waals surface area contributed by atoms with Gasteiger partial charge in [-0.15, -0.1) is 11.3 Å². The van der Waals surface area contributed by atoms with E-state index in [4.69, 9.17) is 9.15 Å². The van der Waals surface area contributed by atoms with Crippen LogP contribution < -0.4 is 5.76 Å². The van der Waals surface area contributed by atoms with Crippen LogP contribution in [0.3, 0.4) is 0 Å². The van der Waals surface area contributed by atoms with Crippen LogP contribution in [0.2, 0.25) is 0 Å². The molecule has 4 rings (SSSR count). The van der Waals surface area contributed by atoms with Crippen molar-refractivity contribution in [2.24, 2.45) is 0 Å². The fourth-order valence-electron chi connectivity index (χ4n) is 3.47. The van der Waals surface area contributed by atoms with Crippen molar-refractivity contribution in [2.75, 3.05) is 13.2 Å². The lowest BCUT2D eigenvalue weighted by atomic mass is 10.2. The highest BCUT2D eigenvalue weighted by Gasteiger charge is 2.23. The summed E-state index contributed by atoms with van der Waals surface area (Å²) in [5, 5.41) is 2.02. The van der Waals surface area contributed by atoms with Crippen LogP contribution in [0.4, 0.5) is 0 Å². The highest BCUT2D eigenvalue weighted by atomic mass is 32.1. The molecule has 1 saturated heterocycles. The van der Waals surface area contributed by atoms with Crippen LogP contribution in [-0.2, 0) is 22.6 Å². The number of fused-ring (bicyclic) bond motifs is 1. The molecule has 1 fully saturated rings. The molecule has 0 spiro atoms. The molecule has 142 valence electrons. The predicted octanol–water partition coefficient (Wildman–Crippen LogP) is 3.25. The molecule has 1 unspecified atom stereocenters. The Morgan fingerprint density at radius 3 is 2.93 bits per heavy atom. The Hall–Kier alpha value is -2.38. The van der Waals surface area contributed by atoms with Gasteiger partial charge in [0.15, 0.2) is 5.58 Å². The summed E-state index contributed by atoms with van der Waals surface area (Å²) in [6, 6.07) is 11.3. The van der Waals surface area contributed by atoms with E-state index in [-0.39, 0.29) is 18.4 Å². The standard InChI is InChI=1S/C20H22N2O4S/c23-19(9-10-22-17-7-1-2-8-18(17)26-20(22)24)21(13-15-5-3-11-25-15)14-16-6-4-12-27-16/h1-2,4,6-8,12,15H,3,5,9-11,13-14H2. The number of thiophene rings is 1. The minimum absolute atomic E-state index is 0.0241. The molecule has 7 heteroatoms. The first-order valence-corrected chi connectivity index (χ1v) is 10.1. The summed E-state index contributed by atoms with van der Waals surface area (Å²) in [7, 11) is 0. The first kappa shape index (κ1) is 18.0. The second-order valence-corrected chi connectivity index (χ2v) is 7.76. The van der Waals surface area contributed by atoms with Gasteiger partial charge in [0.2, 0.25) is 5.91 Å². The molecular formula is C20H22N2O4S. The minimum atomic E-state index is -0.423. The molecule has 0 bridgehead atoms. The maximum absolute atomic E-state index is 12.9. The molecule has 3 aromatic rings. The molecule has 1 aromatic carbocycles. The molecule has 0 radical (unpaired) electrons. The smallest absolute Gasteiger partial charge is 0.408 e. The number of amides is 1. The lowest BCUT2D eigenvalue weighted by molar-refractivity contribution is -0.133. The Morgan fingerprint density at radius 1 is 1.26 bits per heavy atom. The molecule has 6 nitrogen and oxygen atoms in total. The van der Waals surface area contributed by atoms with Crippen molar-refractivity contribution in [2.45, 2.75) is 38.5 Å². The Balaban J connectivity index is 1.47. The zero-order valence-electron chi connectivity index (χ0n) is 15.0. The van der Waals surface area contributed by atoms with E-state index < -0.39 is 5.76 Å². The fourth-order valence-corrected chi connectivity index (χ4v) is 4.19. The molecule has 0 saturated carbocycles. The third-order valence-electron chi connectivity index (χ3n) is 4.85. The quantitative estimate of drug-likeness (QED) is 0.625. The number of benzene rings is 1. The number of ether oxygens (including phenoxy) is 1. The molecule has 1 aliphatic rings. The van der Waals surface area contributed by atoms with E-state index in [1.165, 1.54) is 4.57 Å². The van der Waals surface area contributed by atoms with Gasteiger partial charge in [-0.05, 0) is 36.4 Å². The van der Waals surface area contributed by atoms with Gasteiger partial charge in [0.1, 0.15) is 0 Å². The zero-order chi connectivity index (χ0) is 18.6. The minimum Gasteiger partial charge on any atom is -0.408 e. The average molecular weight is 386 g/mol. The SMILES string of the molecule is O=C(CCn1c(=O)oc2ccccc21)N(Cc1cccs1)CC1CCCO1. The monoisotopic (exact) mass is 386 g/mol. The van der Waals surface area contributed by atoms with E-state index in [0.29, 0.717) is 25.2 Å². The third-order valence-corrected chi connectivity index (χ3v) is 5.71. The number of oxazole rings is 1. The summed E-state index contributed by atoms with van der Waals surface area (Å²) in [5.41, 5.74) is 1.27. The van der Waals surface area contributed by atoms with E-state index in [1.54, 1.807) is 17.4 Å². The van der Waals surface area contributed by atoms with Gasteiger partial charge in [-0.2, -0.15) is 0 Å². The third kappa shape index (κ3) is 4.14. The molecule has 1 atom stereocenters. The van der Waals surface area contributed by atoms with Crippen LogP contribution in [-0.4, -0.2) is 34.6 Å². The number of hydrogen-bond donors (Lipinski definition) is 0. The van der Waals surface area contributed by atoms with Crippen molar-refractivity contribution in [3.8, 4) is 0 Å². The summed E-state index contributed by atoms with van der Waals surface area (Å²) < 4.78 is 12.5. The van der Waals surface area contributed by atoms with E-state index >= 15 is 0 Å². The van der Waals surface area contributed by atoms with Crippen molar-refractivity contribution in [1.82, 2.24) is 9.47 Å². The van der Waals surface area contributed by atoms with E-state index in [2.05, 4.69) is 0 Å². The molecule has 0 N–H and O–H groups in total. The second-order valence-electron chi connectivity index (χ2n) is 6.73. The Bertz CT molecular complexity index is 954. The van der Waals surface area contributed by atoms with Crippen molar-refractivity contribution in [1.29, 1.82) is 0 Å². The van der Waals surface area contributed by atoms with Gasteiger partial charge in [0, 0.05) is 31.0 Å². The van der Waals surface area contributed by atoms with Crippen molar-refractivity contribution in [3.63, 3.8) is 0 Å². The molecule has 2 aromatic heterocycles. The molecule has 1 amide bonds. The van der Waals surface area contributed by atoms with Crippen LogP contribution in [0.15, 0.2) is 51.0 Å². The largest absolute Gasteiger partial charge is 0.419 e. The first-order chi connectivity index (χ1) is 13.2. The van der Waals surface area contributed by atoms with E-state index in [9.17, 15) is 9.59 Å². The lowest BCUT2D eigenvalue weighted by Crippen LogP contribution is -2.37. The normalized spacial score (nSPS) is 16.8. The van der Waals surface area contributed by atoms with Gasteiger partial charge in [0.25, 0.3) is 0 Å². The number of carbonyl (C=O) groups is 1. The number of carbonyl (C=O) groups excluding carboxylic acids is 1. The number of para-hydroxylation sites is 2. The maximum atomic E-state index is 12.9. The number of hydrogen-bond acceptors (Lipinski definition) is 5. The topological polar surface area (TPSA) is 64.7 Å². The molecule has 1 aliphatic heterocycles. The summed E-state index contributed by atoms with van der Waals surface area (Å²) in [5.74, 6) is -0.399. The van der Waals surface area contributed by atoms with Crippen molar-refractivity contribution < 1.29 is 13.9 Å². The predicted molar refractivity (Wildman–Crippen MR) is 104 cm³/mol. The highest BCUT2D eigenvalue weighted by Crippen LogP contribution is 2.18. The van der Waals surface area contributed by atoms with Crippen LogP contribution in [0.25, 0.3) is 11.1 Å². The maximum Gasteiger partial charge on any atom is 0.419 e. The summed E-state index contributed by atoms with van der Waals surface area (Å²) >= 11 is 1.64. The molecular weight excluding hydrogens is 364 g/mol. The van der Waals surface area contributed by atoms with Gasteiger partial charge >= 0.3 is 5.76 Å². The van der Waals surface area contributed by atoms with Gasteiger partial charge in [-0.3, -0.25) is 9.36 Å². The van der Waals surface area contributed by atoms with Gasteiger partial charge in [0.05, 0.1) is 18.2 Å². The average Bonchev–Trinajstić information content (AvgIpc) is 3.41. The van der Waals surface area contributed by atoms with E-state index in [0.717, 1.165) is 29.8 Å². The number of rotatable bonds is 7. The van der Waals surface area contributed by atoms with E-state index in [1.807, 2.05) is 40.6 Å². The van der Waals surface area contributed by atoms with Crippen LogP contribution >= 0.6 is 11.3 Å². The van der Waals surface area contributed by atoms with Crippen molar-refractivity contribution in [3.05, 3.63) is 57.2 Å². The summed E-state index contributed by atoms with van der Waals surface area (Å²) in [6.07, 6.45) is 2.38. The highest BCUT2D eigenvalue weighted by molar-refractivity contribution is 7.09. The van der Waals surface area contributed by atoms with Gasteiger partial charge < -0.3 is 14.1 Å². The lowest BCUT2D eigenvalue weighted by Gasteiger charge is -2.25. The Kier molecular flexibility index (Phi) is 5.40. The number of aromatic nitrogens is 1. The summed E-state index contributed by atoms with van der Waals surface area (Å²) in [4.78, 5) is 28.0. The molecule has 27 heavy (non-hydrogen) atoms. The van der Waals surface area contributed by atoms with Crippen LogP contribution in [0.1, 0.15) is 24.1 Å². The molecule has 3 heterocycles. The summed E-state index contributed by atoms with van der Waals surface area (Å²) in [6.45, 7) is 2.25.